The fraction of sp³-hybridized carbons (Fsp3) is 0.0714. The van der Waals surface area contributed by atoms with Crippen LogP contribution in [0.5, 0.6) is 5.75 Å². The lowest BCUT2D eigenvalue weighted by Gasteiger charge is -2.10. The van der Waals surface area contributed by atoms with Gasteiger partial charge in [-0.1, -0.05) is 15.9 Å². The van der Waals surface area contributed by atoms with E-state index < -0.39 is 10.0 Å². The minimum absolute atomic E-state index is 0.0658. The highest BCUT2D eigenvalue weighted by Crippen LogP contribution is 2.26. The normalized spacial score (nSPS) is 11.0. The maximum Gasteiger partial charge on any atom is 0.255 e. The molecule has 116 valence electrons. The minimum atomic E-state index is -3.89. The van der Waals surface area contributed by atoms with Crippen LogP contribution in [-0.2, 0) is 10.0 Å². The van der Waals surface area contributed by atoms with Gasteiger partial charge in [0.1, 0.15) is 10.6 Å². The summed E-state index contributed by atoms with van der Waals surface area (Å²) in [5, 5.41) is 7.75. The third-order valence-electron chi connectivity index (χ3n) is 2.83. The van der Waals surface area contributed by atoms with E-state index in [0.29, 0.717) is 11.3 Å². The van der Waals surface area contributed by atoms with Crippen molar-refractivity contribution in [1.29, 1.82) is 0 Å². The number of sulfonamides is 1. The maximum atomic E-state index is 12.1. The molecule has 0 bridgehead atoms. The number of nitrogens with one attached hydrogen (secondary N) is 1. The van der Waals surface area contributed by atoms with E-state index in [2.05, 4.69) is 21.2 Å². The molecule has 0 heterocycles. The van der Waals surface area contributed by atoms with Crippen LogP contribution in [0.4, 0.5) is 5.69 Å². The Morgan fingerprint density at radius 3 is 2.36 bits per heavy atom. The molecular formula is C14H13BrN2O4S. The molecule has 0 aliphatic heterocycles. The van der Waals surface area contributed by atoms with Crippen LogP contribution in [-0.4, -0.2) is 21.4 Å². The molecule has 2 aromatic rings. The number of hydrogen-bond acceptors (Lipinski definition) is 4. The third-order valence-corrected chi connectivity index (χ3v) is 4.31. The average Bonchev–Trinajstić information content (AvgIpc) is 2.46. The van der Waals surface area contributed by atoms with Gasteiger partial charge >= 0.3 is 0 Å². The summed E-state index contributed by atoms with van der Waals surface area (Å²) in [5.74, 6) is -0.256. The van der Waals surface area contributed by atoms with Crippen molar-refractivity contribution >= 4 is 37.5 Å². The smallest absolute Gasteiger partial charge is 0.255 e. The van der Waals surface area contributed by atoms with E-state index in [4.69, 9.17) is 9.88 Å². The molecule has 0 radical (unpaired) electrons. The lowest BCUT2D eigenvalue weighted by molar-refractivity contribution is 0.102. The molecule has 2 aromatic carbocycles. The topological polar surface area (TPSA) is 98.5 Å². The number of halogens is 1. The molecular weight excluding hydrogens is 372 g/mol. The number of anilines is 1. The number of methoxy groups -OCH3 is 1. The molecule has 2 rings (SSSR count). The van der Waals surface area contributed by atoms with E-state index in [0.717, 1.165) is 4.47 Å². The fourth-order valence-corrected chi connectivity index (χ4v) is 2.73. The van der Waals surface area contributed by atoms with Gasteiger partial charge in [-0.25, -0.2) is 13.6 Å². The standard InChI is InChI=1S/C14H13BrN2O4S/c1-21-12-8-11(6-7-13(12)22(16,19)20)17-14(18)9-2-4-10(15)5-3-9/h2-8H,1H3,(H,17,18)(H2,16,19,20). The molecule has 0 atom stereocenters. The zero-order valence-electron chi connectivity index (χ0n) is 11.5. The molecule has 0 aromatic heterocycles. The number of amides is 1. The van der Waals surface area contributed by atoms with Crippen LogP contribution in [0.3, 0.4) is 0 Å². The number of hydrogen-bond donors (Lipinski definition) is 2. The molecule has 8 heteroatoms. The Bertz CT molecular complexity index is 804. The van der Waals surface area contributed by atoms with Crippen LogP contribution >= 0.6 is 15.9 Å². The molecule has 1 amide bonds. The second kappa shape index (κ2) is 6.47. The van der Waals surface area contributed by atoms with E-state index in [1.165, 1.54) is 25.3 Å². The Kier molecular flexibility index (Phi) is 4.84. The van der Waals surface area contributed by atoms with Crippen molar-refractivity contribution in [2.24, 2.45) is 5.14 Å². The van der Waals surface area contributed by atoms with Crippen LogP contribution in [0, 0.1) is 0 Å². The Balaban J connectivity index is 2.27. The van der Waals surface area contributed by atoms with Crippen molar-refractivity contribution in [2.45, 2.75) is 4.90 Å². The average molecular weight is 385 g/mol. The number of benzene rings is 2. The summed E-state index contributed by atoms with van der Waals surface area (Å²) in [6.07, 6.45) is 0. The van der Waals surface area contributed by atoms with Gasteiger partial charge in [-0.15, -0.1) is 0 Å². The van der Waals surface area contributed by atoms with Gasteiger partial charge in [0.2, 0.25) is 10.0 Å². The molecule has 6 nitrogen and oxygen atoms in total. The number of carbonyl (C=O) groups excluding carboxylic acids is 1. The van der Waals surface area contributed by atoms with Crippen LogP contribution in [0.1, 0.15) is 10.4 Å². The molecule has 0 aliphatic rings. The van der Waals surface area contributed by atoms with Gasteiger partial charge in [0.05, 0.1) is 7.11 Å². The van der Waals surface area contributed by atoms with E-state index >= 15 is 0 Å². The Morgan fingerprint density at radius 1 is 1.18 bits per heavy atom. The number of ether oxygens (including phenoxy) is 1. The monoisotopic (exact) mass is 384 g/mol. The second-order valence-electron chi connectivity index (χ2n) is 4.37. The molecule has 0 unspecified atom stereocenters. The van der Waals surface area contributed by atoms with Gasteiger partial charge in [0, 0.05) is 21.8 Å². The van der Waals surface area contributed by atoms with Gasteiger partial charge in [-0.2, -0.15) is 0 Å². The van der Waals surface area contributed by atoms with Crippen molar-refractivity contribution in [1.82, 2.24) is 0 Å². The molecule has 0 saturated carbocycles. The molecule has 0 saturated heterocycles. The highest BCUT2D eigenvalue weighted by molar-refractivity contribution is 9.10. The maximum absolute atomic E-state index is 12.1. The number of nitrogens with two attached hydrogens (primary N) is 1. The van der Waals surface area contributed by atoms with E-state index in [-0.39, 0.29) is 16.6 Å². The van der Waals surface area contributed by atoms with Gasteiger partial charge in [-0.05, 0) is 36.4 Å². The summed E-state index contributed by atoms with van der Waals surface area (Å²) >= 11 is 3.29. The third kappa shape index (κ3) is 3.85. The predicted octanol–water partition coefficient (Wildman–Crippen LogP) is 2.36. The lowest BCUT2D eigenvalue weighted by atomic mass is 10.2. The summed E-state index contributed by atoms with van der Waals surface area (Å²) in [6.45, 7) is 0. The second-order valence-corrected chi connectivity index (χ2v) is 6.82. The van der Waals surface area contributed by atoms with Crippen molar-refractivity contribution in [2.75, 3.05) is 12.4 Å². The van der Waals surface area contributed by atoms with Gasteiger partial charge in [-0.3, -0.25) is 4.79 Å². The van der Waals surface area contributed by atoms with Gasteiger partial charge in [0.25, 0.3) is 5.91 Å². The summed E-state index contributed by atoms with van der Waals surface area (Å²) < 4.78 is 28.7. The highest BCUT2D eigenvalue weighted by Gasteiger charge is 2.16. The SMILES string of the molecule is COc1cc(NC(=O)c2ccc(Br)cc2)ccc1S(N)(=O)=O. The van der Waals surface area contributed by atoms with Gasteiger partial charge in [0.15, 0.2) is 0 Å². The molecule has 0 aliphatic carbocycles. The Morgan fingerprint density at radius 2 is 1.82 bits per heavy atom. The van der Waals surface area contributed by atoms with Crippen molar-refractivity contribution in [3.63, 3.8) is 0 Å². The molecule has 0 fully saturated rings. The summed E-state index contributed by atoms with van der Waals surface area (Å²) in [5.41, 5.74) is 0.870. The van der Waals surface area contributed by atoms with Crippen molar-refractivity contribution in [3.8, 4) is 5.75 Å². The largest absolute Gasteiger partial charge is 0.495 e. The predicted molar refractivity (Wildman–Crippen MR) is 86.5 cm³/mol. The lowest BCUT2D eigenvalue weighted by Crippen LogP contribution is -2.15. The first-order valence-electron chi connectivity index (χ1n) is 6.09. The first-order valence-corrected chi connectivity index (χ1v) is 8.43. The molecule has 0 spiro atoms. The number of primary sulfonamides is 1. The highest BCUT2D eigenvalue weighted by atomic mass is 79.9. The summed E-state index contributed by atoms with van der Waals surface area (Å²) in [6, 6.07) is 10.9. The van der Waals surface area contributed by atoms with Crippen molar-refractivity contribution in [3.05, 3.63) is 52.5 Å². The minimum Gasteiger partial charge on any atom is -0.495 e. The zero-order chi connectivity index (χ0) is 16.3. The number of rotatable bonds is 4. The fourth-order valence-electron chi connectivity index (χ4n) is 1.78. The van der Waals surface area contributed by atoms with Crippen LogP contribution in [0.15, 0.2) is 51.8 Å². The van der Waals surface area contributed by atoms with Crippen molar-refractivity contribution < 1.29 is 17.9 Å². The Labute approximate surface area is 136 Å². The van der Waals surface area contributed by atoms with Crippen LogP contribution in [0.25, 0.3) is 0 Å². The van der Waals surface area contributed by atoms with Crippen LogP contribution in [0.2, 0.25) is 0 Å². The molecule has 3 N–H and O–H groups in total. The zero-order valence-corrected chi connectivity index (χ0v) is 13.9. The van der Waals surface area contributed by atoms with E-state index in [1.54, 1.807) is 24.3 Å². The molecule has 22 heavy (non-hydrogen) atoms. The quantitative estimate of drug-likeness (QED) is 0.844. The summed E-state index contributed by atoms with van der Waals surface area (Å²) in [4.78, 5) is 12.0. The van der Waals surface area contributed by atoms with Gasteiger partial charge < -0.3 is 10.1 Å². The van der Waals surface area contributed by atoms with E-state index in [9.17, 15) is 13.2 Å². The van der Waals surface area contributed by atoms with Crippen LogP contribution < -0.4 is 15.2 Å². The first kappa shape index (κ1) is 16.5. The number of carbonyl (C=O) groups is 1. The van der Waals surface area contributed by atoms with E-state index in [1.807, 2.05) is 0 Å². The first-order chi connectivity index (χ1) is 10.3. The summed E-state index contributed by atoms with van der Waals surface area (Å²) in [7, 11) is -2.57. The Hall–Kier alpha value is -1.90.